The van der Waals surface area contributed by atoms with Gasteiger partial charge in [-0.05, 0) is 36.1 Å². The number of hydrogen-bond donors (Lipinski definition) is 0. The number of fused-ring (bicyclic) bond motifs is 1. The SMILES string of the molecule is Cc1nc(N2CCN(S(=O)(=O)c3ccc(C(C)C)cc3)CC2)c2c(-c3ccccc3)csc2n1. The molecule has 1 aliphatic heterocycles. The van der Waals surface area contributed by atoms with Crippen LogP contribution >= 0.6 is 11.3 Å². The molecule has 0 amide bonds. The summed E-state index contributed by atoms with van der Waals surface area (Å²) in [7, 11) is -3.53. The molecule has 8 heteroatoms. The Labute approximate surface area is 205 Å². The second kappa shape index (κ2) is 9.09. The van der Waals surface area contributed by atoms with Gasteiger partial charge in [-0.25, -0.2) is 18.4 Å². The fourth-order valence-electron chi connectivity index (χ4n) is 4.40. The lowest BCUT2D eigenvalue weighted by Gasteiger charge is -2.35. The van der Waals surface area contributed by atoms with E-state index in [1.807, 2.05) is 37.3 Å². The van der Waals surface area contributed by atoms with Crippen LogP contribution in [0.2, 0.25) is 0 Å². The normalized spacial score (nSPS) is 15.4. The van der Waals surface area contributed by atoms with Crippen LogP contribution in [0.5, 0.6) is 0 Å². The Morgan fingerprint density at radius 2 is 1.59 bits per heavy atom. The van der Waals surface area contributed by atoms with Crippen LogP contribution in [0.3, 0.4) is 0 Å². The number of hydrogen-bond acceptors (Lipinski definition) is 6. The van der Waals surface area contributed by atoms with Gasteiger partial charge in [0.15, 0.2) is 0 Å². The minimum absolute atomic E-state index is 0.356. The van der Waals surface area contributed by atoms with E-state index in [0.29, 0.717) is 37.0 Å². The van der Waals surface area contributed by atoms with Crippen molar-refractivity contribution in [1.82, 2.24) is 14.3 Å². The molecule has 0 aliphatic carbocycles. The number of anilines is 1. The number of nitrogens with zero attached hydrogens (tertiary/aromatic N) is 4. The van der Waals surface area contributed by atoms with E-state index < -0.39 is 10.0 Å². The summed E-state index contributed by atoms with van der Waals surface area (Å²) in [6, 6.07) is 17.6. The Kier molecular flexibility index (Phi) is 6.14. The first-order valence-corrected chi connectivity index (χ1v) is 13.8. The van der Waals surface area contributed by atoms with E-state index in [2.05, 4.69) is 41.2 Å². The van der Waals surface area contributed by atoms with Crippen LogP contribution in [-0.2, 0) is 10.0 Å². The van der Waals surface area contributed by atoms with Gasteiger partial charge in [-0.1, -0.05) is 56.3 Å². The number of piperazine rings is 1. The molecule has 1 fully saturated rings. The molecule has 34 heavy (non-hydrogen) atoms. The maximum atomic E-state index is 13.3. The largest absolute Gasteiger partial charge is 0.353 e. The van der Waals surface area contributed by atoms with E-state index in [9.17, 15) is 8.42 Å². The van der Waals surface area contributed by atoms with Crippen molar-refractivity contribution < 1.29 is 8.42 Å². The molecule has 5 rings (SSSR count). The average molecular weight is 493 g/mol. The Bertz CT molecular complexity index is 1410. The highest BCUT2D eigenvalue weighted by molar-refractivity contribution is 7.89. The zero-order valence-corrected chi connectivity index (χ0v) is 21.2. The quantitative estimate of drug-likeness (QED) is 0.378. The fraction of sp³-hybridized carbons (Fsp3) is 0.308. The van der Waals surface area contributed by atoms with E-state index in [4.69, 9.17) is 4.98 Å². The van der Waals surface area contributed by atoms with E-state index in [0.717, 1.165) is 38.5 Å². The molecular formula is C26H28N4O2S2. The van der Waals surface area contributed by atoms with Gasteiger partial charge in [-0.2, -0.15) is 4.31 Å². The van der Waals surface area contributed by atoms with Gasteiger partial charge in [0.05, 0.1) is 10.3 Å². The third kappa shape index (κ3) is 4.21. The molecule has 1 saturated heterocycles. The monoisotopic (exact) mass is 492 g/mol. The van der Waals surface area contributed by atoms with E-state index in [1.165, 1.54) is 0 Å². The summed E-state index contributed by atoms with van der Waals surface area (Å²) in [4.78, 5) is 13.0. The molecule has 0 radical (unpaired) electrons. The first-order chi connectivity index (χ1) is 16.3. The minimum Gasteiger partial charge on any atom is -0.353 e. The molecule has 3 heterocycles. The molecule has 6 nitrogen and oxygen atoms in total. The number of aryl methyl sites for hydroxylation is 1. The number of rotatable bonds is 5. The molecule has 0 N–H and O–H groups in total. The van der Waals surface area contributed by atoms with Crippen molar-refractivity contribution in [2.45, 2.75) is 31.6 Å². The molecule has 2 aromatic heterocycles. The second-order valence-corrected chi connectivity index (χ2v) is 11.7. The van der Waals surface area contributed by atoms with Gasteiger partial charge in [0.25, 0.3) is 0 Å². The third-order valence-electron chi connectivity index (χ3n) is 6.33. The molecule has 2 aromatic carbocycles. The van der Waals surface area contributed by atoms with Crippen molar-refractivity contribution in [3.05, 3.63) is 71.4 Å². The minimum atomic E-state index is -3.53. The maximum Gasteiger partial charge on any atom is 0.243 e. The summed E-state index contributed by atoms with van der Waals surface area (Å²) in [5, 5.41) is 3.18. The molecule has 0 unspecified atom stereocenters. The van der Waals surface area contributed by atoms with E-state index >= 15 is 0 Å². The highest BCUT2D eigenvalue weighted by Gasteiger charge is 2.30. The van der Waals surface area contributed by atoms with Crippen LogP contribution < -0.4 is 4.90 Å². The van der Waals surface area contributed by atoms with Gasteiger partial charge in [0, 0.05) is 37.1 Å². The average Bonchev–Trinajstić information content (AvgIpc) is 3.28. The lowest BCUT2D eigenvalue weighted by Crippen LogP contribution is -2.49. The Hall–Kier alpha value is -2.81. The zero-order chi connectivity index (χ0) is 23.9. The lowest BCUT2D eigenvalue weighted by molar-refractivity contribution is 0.384. The van der Waals surface area contributed by atoms with Crippen molar-refractivity contribution in [2.75, 3.05) is 31.1 Å². The van der Waals surface area contributed by atoms with Crippen molar-refractivity contribution in [3.8, 4) is 11.1 Å². The van der Waals surface area contributed by atoms with Crippen LogP contribution in [0.25, 0.3) is 21.3 Å². The van der Waals surface area contributed by atoms with Crippen LogP contribution in [-0.4, -0.2) is 48.9 Å². The zero-order valence-electron chi connectivity index (χ0n) is 19.6. The van der Waals surface area contributed by atoms with Crippen LogP contribution in [0.4, 0.5) is 5.82 Å². The molecule has 176 valence electrons. The summed E-state index contributed by atoms with van der Waals surface area (Å²) in [5.41, 5.74) is 3.39. The van der Waals surface area contributed by atoms with E-state index in [1.54, 1.807) is 27.8 Å². The number of aromatic nitrogens is 2. The van der Waals surface area contributed by atoms with Crippen LogP contribution in [0, 0.1) is 6.92 Å². The number of benzene rings is 2. The molecule has 1 aliphatic rings. The van der Waals surface area contributed by atoms with Gasteiger partial charge in [0.2, 0.25) is 10.0 Å². The molecule has 0 bridgehead atoms. The first-order valence-electron chi connectivity index (χ1n) is 11.5. The van der Waals surface area contributed by atoms with Gasteiger partial charge in [-0.3, -0.25) is 0 Å². The summed E-state index contributed by atoms with van der Waals surface area (Å²) in [6.45, 7) is 8.12. The second-order valence-electron chi connectivity index (χ2n) is 8.90. The van der Waals surface area contributed by atoms with Crippen molar-refractivity contribution >= 4 is 37.4 Å². The highest BCUT2D eigenvalue weighted by atomic mass is 32.2. The predicted molar refractivity (Wildman–Crippen MR) is 139 cm³/mol. The summed E-state index contributed by atoms with van der Waals surface area (Å²) >= 11 is 1.62. The van der Waals surface area contributed by atoms with Gasteiger partial charge in [0.1, 0.15) is 16.5 Å². The van der Waals surface area contributed by atoms with Crippen molar-refractivity contribution in [1.29, 1.82) is 0 Å². The van der Waals surface area contributed by atoms with Crippen molar-refractivity contribution in [2.24, 2.45) is 0 Å². The fourth-order valence-corrected chi connectivity index (χ4v) is 6.81. The molecule has 0 spiro atoms. The summed E-state index contributed by atoms with van der Waals surface area (Å²) in [5.74, 6) is 1.98. The Morgan fingerprint density at radius 1 is 0.912 bits per heavy atom. The van der Waals surface area contributed by atoms with Gasteiger partial charge < -0.3 is 4.90 Å². The number of thiophene rings is 1. The number of sulfonamides is 1. The molecule has 0 atom stereocenters. The maximum absolute atomic E-state index is 13.3. The first kappa shape index (κ1) is 23.0. The molecular weight excluding hydrogens is 464 g/mol. The predicted octanol–water partition coefficient (Wildman–Crippen LogP) is 5.30. The van der Waals surface area contributed by atoms with Gasteiger partial charge in [-0.15, -0.1) is 11.3 Å². The topological polar surface area (TPSA) is 66.4 Å². The summed E-state index contributed by atoms with van der Waals surface area (Å²) in [6.07, 6.45) is 0. The van der Waals surface area contributed by atoms with Crippen LogP contribution in [0.15, 0.2) is 64.9 Å². The van der Waals surface area contributed by atoms with Crippen molar-refractivity contribution in [3.63, 3.8) is 0 Å². The standard InChI is InChI=1S/C26H28N4O2S2/c1-18(2)20-9-11-22(12-10-20)34(31,32)30-15-13-29(14-16-30)25-24-23(21-7-5-4-6-8-21)17-33-26(24)28-19(3)27-25/h4-12,17-18H,13-16H2,1-3H3. The lowest BCUT2D eigenvalue weighted by atomic mass is 10.0. The Balaban J connectivity index is 1.42. The highest BCUT2D eigenvalue weighted by Crippen LogP contribution is 2.38. The van der Waals surface area contributed by atoms with Crippen LogP contribution in [0.1, 0.15) is 31.2 Å². The smallest absolute Gasteiger partial charge is 0.243 e. The third-order valence-corrected chi connectivity index (χ3v) is 9.12. The molecule has 4 aromatic rings. The molecule has 0 saturated carbocycles. The summed E-state index contributed by atoms with van der Waals surface area (Å²) < 4.78 is 28.1. The van der Waals surface area contributed by atoms with E-state index in [-0.39, 0.29) is 0 Å². The van der Waals surface area contributed by atoms with Gasteiger partial charge >= 0.3 is 0 Å². The Morgan fingerprint density at radius 3 is 2.24 bits per heavy atom.